The van der Waals surface area contributed by atoms with E-state index in [0.717, 1.165) is 17.0 Å². The summed E-state index contributed by atoms with van der Waals surface area (Å²) in [4.78, 5) is 16.4. The van der Waals surface area contributed by atoms with Crippen LogP contribution in [0.15, 0.2) is 72.9 Å². The summed E-state index contributed by atoms with van der Waals surface area (Å²) in [6, 6.07) is 17.3. The molecule has 5 nitrogen and oxygen atoms in total. The van der Waals surface area contributed by atoms with Crippen molar-refractivity contribution in [2.75, 3.05) is 7.11 Å². The van der Waals surface area contributed by atoms with Gasteiger partial charge in [-0.05, 0) is 60.5 Å². The fourth-order valence-corrected chi connectivity index (χ4v) is 2.78. The number of amides is 1. The minimum Gasteiger partial charge on any atom is -0.494 e. The summed E-state index contributed by atoms with van der Waals surface area (Å²) in [6.45, 7) is 2.18. The first kappa shape index (κ1) is 21.0. The molecule has 0 bridgehead atoms. The fraction of sp³-hybridized carbons (Fsp3) is 0.167. The Bertz CT molecular complexity index is 1000. The van der Waals surface area contributed by atoms with Gasteiger partial charge in [-0.15, -0.1) is 0 Å². The maximum atomic E-state index is 13.8. The summed E-state index contributed by atoms with van der Waals surface area (Å²) in [6.07, 6.45) is 4.88. The second kappa shape index (κ2) is 10.2. The van der Waals surface area contributed by atoms with Crippen molar-refractivity contribution in [3.05, 3.63) is 95.6 Å². The lowest BCUT2D eigenvalue weighted by molar-refractivity contribution is -0.117. The summed E-state index contributed by atoms with van der Waals surface area (Å²) >= 11 is 0. The Kier molecular flexibility index (Phi) is 7.16. The third kappa shape index (κ3) is 5.91. The van der Waals surface area contributed by atoms with Crippen LogP contribution >= 0.6 is 0 Å². The van der Waals surface area contributed by atoms with Crippen molar-refractivity contribution in [1.29, 1.82) is 0 Å². The van der Waals surface area contributed by atoms with Crippen LogP contribution in [0.2, 0.25) is 0 Å². The third-order valence-electron chi connectivity index (χ3n) is 4.45. The van der Waals surface area contributed by atoms with E-state index in [1.165, 1.54) is 19.3 Å². The number of nitrogens with zero attached hydrogens (tertiary/aromatic N) is 1. The van der Waals surface area contributed by atoms with Gasteiger partial charge in [0.25, 0.3) is 0 Å². The molecule has 1 aromatic heterocycles. The predicted molar refractivity (Wildman–Crippen MR) is 114 cm³/mol. The molecule has 1 heterocycles. The van der Waals surface area contributed by atoms with Crippen molar-refractivity contribution in [2.45, 2.75) is 19.6 Å². The molecule has 1 amide bonds. The molecule has 0 saturated carbocycles. The van der Waals surface area contributed by atoms with Gasteiger partial charge in [-0.25, -0.2) is 4.39 Å². The molecule has 6 heteroatoms. The number of nitrogens with one attached hydrogen (secondary N) is 1. The highest BCUT2D eigenvalue weighted by atomic mass is 19.1. The van der Waals surface area contributed by atoms with Crippen molar-refractivity contribution < 1.29 is 18.7 Å². The van der Waals surface area contributed by atoms with E-state index in [1.807, 2.05) is 42.5 Å². The first-order valence-corrected chi connectivity index (χ1v) is 9.50. The van der Waals surface area contributed by atoms with Gasteiger partial charge in [-0.1, -0.05) is 24.3 Å². The largest absolute Gasteiger partial charge is 0.494 e. The lowest BCUT2D eigenvalue weighted by atomic mass is 10.1. The molecule has 0 saturated heterocycles. The van der Waals surface area contributed by atoms with Crippen LogP contribution in [0.4, 0.5) is 4.39 Å². The van der Waals surface area contributed by atoms with Crippen LogP contribution < -0.4 is 14.8 Å². The minimum absolute atomic E-state index is 0.171. The molecule has 0 aliphatic heterocycles. The number of halogens is 1. The van der Waals surface area contributed by atoms with E-state index in [9.17, 15) is 9.18 Å². The van der Waals surface area contributed by atoms with Gasteiger partial charge in [-0.3, -0.25) is 9.78 Å². The minimum atomic E-state index is -0.461. The molecule has 1 atom stereocenters. The molecule has 3 aromatic rings. The molecule has 2 aromatic carbocycles. The quantitative estimate of drug-likeness (QED) is 0.551. The van der Waals surface area contributed by atoms with Crippen LogP contribution in [0.5, 0.6) is 11.5 Å². The molecule has 1 N–H and O–H groups in total. The summed E-state index contributed by atoms with van der Waals surface area (Å²) in [5, 5.41) is 2.82. The van der Waals surface area contributed by atoms with E-state index >= 15 is 0 Å². The second-order valence-corrected chi connectivity index (χ2v) is 6.64. The number of ether oxygens (including phenoxy) is 2. The molecule has 0 radical (unpaired) electrons. The van der Waals surface area contributed by atoms with Crippen molar-refractivity contribution in [3.8, 4) is 11.5 Å². The Morgan fingerprint density at radius 1 is 1.17 bits per heavy atom. The normalized spacial score (nSPS) is 11.8. The van der Waals surface area contributed by atoms with E-state index in [4.69, 9.17) is 9.47 Å². The molecule has 0 spiro atoms. The molecular formula is C24H23FN2O3. The van der Waals surface area contributed by atoms with Crippen molar-refractivity contribution in [2.24, 2.45) is 0 Å². The van der Waals surface area contributed by atoms with E-state index in [0.29, 0.717) is 12.2 Å². The zero-order valence-electron chi connectivity index (χ0n) is 16.8. The summed E-state index contributed by atoms with van der Waals surface area (Å²) < 4.78 is 24.4. The predicted octanol–water partition coefficient (Wildman–Crippen LogP) is 4.70. The van der Waals surface area contributed by atoms with Gasteiger partial charge in [0.15, 0.2) is 11.6 Å². The Morgan fingerprint density at radius 2 is 1.97 bits per heavy atom. The van der Waals surface area contributed by atoms with Crippen LogP contribution in [0.25, 0.3) is 6.08 Å². The van der Waals surface area contributed by atoms with E-state index in [-0.39, 0.29) is 17.7 Å². The molecule has 1 unspecified atom stereocenters. The third-order valence-corrected chi connectivity index (χ3v) is 4.45. The number of benzene rings is 2. The zero-order valence-corrected chi connectivity index (χ0v) is 16.8. The Hall–Kier alpha value is -3.67. The van der Waals surface area contributed by atoms with Crippen molar-refractivity contribution in [1.82, 2.24) is 10.3 Å². The molecule has 30 heavy (non-hydrogen) atoms. The number of pyridine rings is 1. The monoisotopic (exact) mass is 406 g/mol. The number of hydrogen-bond donors (Lipinski definition) is 1. The van der Waals surface area contributed by atoms with E-state index in [1.54, 1.807) is 31.3 Å². The van der Waals surface area contributed by atoms with Gasteiger partial charge in [0.2, 0.25) is 5.91 Å². The van der Waals surface area contributed by atoms with Gasteiger partial charge >= 0.3 is 0 Å². The first-order valence-electron chi connectivity index (χ1n) is 9.50. The average Bonchev–Trinajstić information content (AvgIpc) is 2.77. The first-order chi connectivity index (χ1) is 14.5. The zero-order chi connectivity index (χ0) is 21.3. The van der Waals surface area contributed by atoms with Gasteiger partial charge < -0.3 is 14.8 Å². The molecule has 0 fully saturated rings. The number of carbonyl (C=O) groups excluding carboxylic acids is 1. The number of hydrogen-bond acceptors (Lipinski definition) is 4. The topological polar surface area (TPSA) is 60.5 Å². The number of rotatable bonds is 8. The summed E-state index contributed by atoms with van der Waals surface area (Å²) in [5.41, 5.74) is 2.37. The lowest BCUT2D eigenvalue weighted by Gasteiger charge is -2.14. The van der Waals surface area contributed by atoms with Crippen LogP contribution in [0, 0.1) is 5.82 Å². The second-order valence-electron chi connectivity index (χ2n) is 6.64. The summed E-state index contributed by atoms with van der Waals surface area (Å²) in [7, 11) is 1.41. The van der Waals surface area contributed by atoms with Crippen molar-refractivity contribution >= 4 is 12.0 Å². The van der Waals surface area contributed by atoms with Crippen LogP contribution in [-0.2, 0) is 11.4 Å². The highest BCUT2D eigenvalue weighted by Gasteiger charge is 2.11. The van der Waals surface area contributed by atoms with Gasteiger partial charge in [0.05, 0.1) is 18.8 Å². The molecule has 0 aliphatic carbocycles. The van der Waals surface area contributed by atoms with E-state index in [2.05, 4.69) is 10.3 Å². The molecule has 3 rings (SSSR count). The summed E-state index contributed by atoms with van der Waals surface area (Å²) in [5.74, 6) is 0.160. The van der Waals surface area contributed by atoms with Gasteiger partial charge in [0, 0.05) is 12.3 Å². The maximum Gasteiger partial charge on any atom is 0.244 e. The van der Waals surface area contributed by atoms with Crippen LogP contribution in [0.3, 0.4) is 0 Å². The average molecular weight is 406 g/mol. The van der Waals surface area contributed by atoms with Crippen molar-refractivity contribution in [3.63, 3.8) is 0 Å². The number of aromatic nitrogens is 1. The van der Waals surface area contributed by atoms with E-state index < -0.39 is 5.82 Å². The Balaban J connectivity index is 1.52. The highest BCUT2D eigenvalue weighted by molar-refractivity contribution is 5.92. The SMILES string of the molecule is COc1ccc(C(C)NC(=O)C=Cc2ccc(OCc3ccccn3)cc2)cc1F. The Morgan fingerprint density at radius 3 is 2.63 bits per heavy atom. The fourth-order valence-electron chi connectivity index (χ4n) is 2.78. The lowest BCUT2D eigenvalue weighted by Crippen LogP contribution is -2.24. The van der Waals surface area contributed by atoms with Crippen LogP contribution in [0.1, 0.15) is 29.8 Å². The maximum absolute atomic E-state index is 13.8. The van der Waals surface area contributed by atoms with Crippen LogP contribution in [-0.4, -0.2) is 18.0 Å². The number of carbonyl (C=O) groups is 1. The standard InChI is InChI=1S/C24H23FN2O3/c1-17(19-9-12-23(29-2)22(25)15-19)27-24(28)13-8-18-6-10-21(11-7-18)30-16-20-5-3-4-14-26-20/h3-15,17H,16H2,1-2H3,(H,27,28). The Labute approximate surface area is 175 Å². The van der Waals surface area contributed by atoms with Gasteiger partial charge in [0.1, 0.15) is 12.4 Å². The van der Waals surface area contributed by atoms with Gasteiger partial charge in [-0.2, -0.15) is 0 Å². The molecule has 0 aliphatic rings. The highest BCUT2D eigenvalue weighted by Crippen LogP contribution is 2.21. The molecular weight excluding hydrogens is 383 g/mol. The number of methoxy groups -OCH3 is 1. The smallest absolute Gasteiger partial charge is 0.244 e. The molecule has 154 valence electrons.